The average molecular weight is 330 g/mol. The van der Waals surface area contributed by atoms with Gasteiger partial charge in [-0.2, -0.15) is 0 Å². The van der Waals surface area contributed by atoms with E-state index in [9.17, 15) is 4.79 Å². The second kappa shape index (κ2) is 7.17. The topological polar surface area (TPSA) is 59.8 Å². The SMILES string of the molecule is C[C@H](Sc1nnc(-c2ccccc2)n1C)C(=O)NC1CCCC1. The summed E-state index contributed by atoms with van der Waals surface area (Å²) in [6, 6.07) is 10.3. The van der Waals surface area contributed by atoms with Gasteiger partial charge < -0.3 is 9.88 Å². The first kappa shape index (κ1) is 16.1. The van der Waals surface area contributed by atoms with Crippen molar-refractivity contribution in [3.05, 3.63) is 30.3 Å². The number of thioether (sulfide) groups is 1. The number of rotatable bonds is 5. The first-order chi connectivity index (χ1) is 11.1. The molecule has 6 heteroatoms. The molecule has 0 radical (unpaired) electrons. The maximum Gasteiger partial charge on any atom is 0.233 e. The van der Waals surface area contributed by atoms with Gasteiger partial charge in [0.25, 0.3) is 0 Å². The predicted octanol–water partition coefficient (Wildman–Crippen LogP) is 3.02. The third-order valence-electron chi connectivity index (χ3n) is 4.22. The summed E-state index contributed by atoms with van der Waals surface area (Å²) in [5, 5.41) is 12.2. The van der Waals surface area contributed by atoms with Gasteiger partial charge in [-0.3, -0.25) is 4.79 Å². The van der Waals surface area contributed by atoms with Crippen molar-refractivity contribution < 1.29 is 4.79 Å². The molecular weight excluding hydrogens is 308 g/mol. The molecule has 0 spiro atoms. The van der Waals surface area contributed by atoms with Crippen LogP contribution < -0.4 is 5.32 Å². The van der Waals surface area contributed by atoms with Crippen LogP contribution in [0.4, 0.5) is 0 Å². The molecule has 1 saturated carbocycles. The van der Waals surface area contributed by atoms with Crippen molar-refractivity contribution >= 4 is 17.7 Å². The minimum atomic E-state index is -0.179. The summed E-state index contributed by atoms with van der Waals surface area (Å²) in [6.07, 6.45) is 4.64. The van der Waals surface area contributed by atoms with Gasteiger partial charge in [0.15, 0.2) is 11.0 Å². The Morgan fingerprint density at radius 2 is 1.96 bits per heavy atom. The van der Waals surface area contributed by atoms with Gasteiger partial charge >= 0.3 is 0 Å². The molecule has 1 aromatic carbocycles. The Labute approximate surface area is 140 Å². The quantitative estimate of drug-likeness (QED) is 0.856. The van der Waals surface area contributed by atoms with Crippen LogP contribution in [-0.2, 0) is 11.8 Å². The van der Waals surface area contributed by atoms with Gasteiger partial charge in [0.2, 0.25) is 5.91 Å². The molecule has 1 N–H and O–H groups in total. The number of carbonyl (C=O) groups excluding carboxylic acids is 1. The van der Waals surface area contributed by atoms with Crippen molar-refractivity contribution in [3.8, 4) is 11.4 Å². The smallest absolute Gasteiger partial charge is 0.233 e. The van der Waals surface area contributed by atoms with Crippen LogP contribution in [0.25, 0.3) is 11.4 Å². The van der Waals surface area contributed by atoms with Crippen LogP contribution in [-0.4, -0.2) is 32.0 Å². The van der Waals surface area contributed by atoms with Gasteiger partial charge in [-0.25, -0.2) is 0 Å². The third-order valence-corrected chi connectivity index (χ3v) is 5.35. The van der Waals surface area contributed by atoms with Crippen LogP contribution >= 0.6 is 11.8 Å². The zero-order valence-electron chi connectivity index (χ0n) is 13.5. The van der Waals surface area contributed by atoms with Crippen molar-refractivity contribution in [1.29, 1.82) is 0 Å². The van der Waals surface area contributed by atoms with Crippen molar-refractivity contribution in [3.63, 3.8) is 0 Å². The van der Waals surface area contributed by atoms with Crippen LogP contribution in [0, 0.1) is 0 Å². The highest BCUT2D eigenvalue weighted by Gasteiger charge is 2.23. The van der Waals surface area contributed by atoms with Gasteiger partial charge in [0.1, 0.15) is 0 Å². The van der Waals surface area contributed by atoms with Crippen LogP contribution in [0.2, 0.25) is 0 Å². The number of nitrogens with zero attached hydrogens (tertiary/aromatic N) is 3. The monoisotopic (exact) mass is 330 g/mol. The molecule has 1 aliphatic rings. The Morgan fingerprint density at radius 3 is 2.65 bits per heavy atom. The van der Waals surface area contributed by atoms with Crippen molar-refractivity contribution in [1.82, 2.24) is 20.1 Å². The van der Waals surface area contributed by atoms with Crippen LogP contribution in [0.15, 0.2) is 35.5 Å². The summed E-state index contributed by atoms with van der Waals surface area (Å²) < 4.78 is 1.94. The highest BCUT2D eigenvalue weighted by atomic mass is 32.2. The molecule has 1 aliphatic carbocycles. The van der Waals surface area contributed by atoms with E-state index in [4.69, 9.17) is 0 Å². The normalized spacial score (nSPS) is 16.4. The summed E-state index contributed by atoms with van der Waals surface area (Å²) in [6.45, 7) is 1.92. The zero-order valence-corrected chi connectivity index (χ0v) is 14.3. The molecule has 1 amide bonds. The Hall–Kier alpha value is -1.82. The lowest BCUT2D eigenvalue weighted by Gasteiger charge is -2.16. The Balaban J connectivity index is 1.66. The maximum absolute atomic E-state index is 12.3. The Kier molecular flexibility index (Phi) is 5.00. The van der Waals surface area contributed by atoms with Crippen molar-refractivity contribution in [2.24, 2.45) is 7.05 Å². The van der Waals surface area contributed by atoms with E-state index in [1.54, 1.807) is 0 Å². The molecule has 0 saturated heterocycles. The molecule has 1 atom stereocenters. The summed E-state index contributed by atoms with van der Waals surface area (Å²) in [4.78, 5) is 12.3. The molecule has 2 aromatic rings. The second-order valence-electron chi connectivity index (χ2n) is 5.98. The lowest BCUT2D eigenvalue weighted by Crippen LogP contribution is -2.37. The Morgan fingerprint density at radius 1 is 1.26 bits per heavy atom. The zero-order chi connectivity index (χ0) is 16.2. The van der Waals surface area contributed by atoms with Crippen LogP contribution in [0.3, 0.4) is 0 Å². The molecule has 23 heavy (non-hydrogen) atoms. The minimum absolute atomic E-state index is 0.0890. The molecule has 1 heterocycles. The van der Waals surface area contributed by atoms with E-state index in [0.29, 0.717) is 6.04 Å². The fraction of sp³-hybridized carbons (Fsp3) is 0.471. The number of nitrogens with one attached hydrogen (secondary N) is 1. The summed E-state index contributed by atoms with van der Waals surface area (Å²) >= 11 is 1.45. The minimum Gasteiger partial charge on any atom is -0.352 e. The molecular formula is C17H22N4OS. The fourth-order valence-corrected chi connectivity index (χ4v) is 3.68. The van der Waals surface area contributed by atoms with E-state index >= 15 is 0 Å². The van der Waals surface area contributed by atoms with E-state index in [1.165, 1.54) is 24.6 Å². The number of benzene rings is 1. The summed E-state index contributed by atoms with van der Waals surface area (Å²) in [5.41, 5.74) is 1.03. The van der Waals surface area contributed by atoms with E-state index in [1.807, 2.05) is 48.9 Å². The van der Waals surface area contributed by atoms with E-state index in [0.717, 1.165) is 29.4 Å². The summed E-state index contributed by atoms with van der Waals surface area (Å²) in [5.74, 6) is 0.905. The first-order valence-corrected chi connectivity index (χ1v) is 8.95. The average Bonchev–Trinajstić information content (AvgIpc) is 3.19. The maximum atomic E-state index is 12.3. The van der Waals surface area contributed by atoms with E-state index in [2.05, 4.69) is 15.5 Å². The molecule has 0 unspecified atom stereocenters. The van der Waals surface area contributed by atoms with Crippen molar-refractivity contribution in [2.45, 2.75) is 49.1 Å². The fourth-order valence-electron chi connectivity index (χ4n) is 2.86. The number of carbonyl (C=O) groups is 1. The molecule has 5 nitrogen and oxygen atoms in total. The van der Waals surface area contributed by atoms with Gasteiger partial charge in [-0.1, -0.05) is 54.9 Å². The van der Waals surface area contributed by atoms with Gasteiger partial charge in [-0.05, 0) is 19.8 Å². The van der Waals surface area contributed by atoms with Gasteiger partial charge in [0, 0.05) is 18.7 Å². The molecule has 1 fully saturated rings. The number of amides is 1. The predicted molar refractivity (Wildman–Crippen MR) is 92.2 cm³/mol. The second-order valence-corrected chi connectivity index (χ2v) is 7.29. The van der Waals surface area contributed by atoms with Gasteiger partial charge in [-0.15, -0.1) is 10.2 Å². The standard InChI is InChI=1S/C17H22N4OS/c1-12(16(22)18-14-10-6-7-11-14)23-17-20-19-15(21(17)2)13-8-4-3-5-9-13/h3-5,8-9,12,14H,6-7,10-11H2,1-2H3,(H,18,22)/t12-/m0/s1. The number of hydrogen-bond acceptors (Lipinski definition) is 4. The number of aromatic nitrogens is 3. The lowest BCUT2D eigenvalue weighted by atomic mass is 10.2. The summed E-state index contributed by atoms with van der Waals surface area (Å²) in [7, 11) is 1.94. The van der Waals surface area contributed by atoms with Crippen molar-refractivity contribution in [2.75, 3.05) is 0 Å². The van der Waals surface area contributed by atoms with Gasteiger partial charge in [0.05, 0.1) is 5.25 Å². The van der Waals surface area contributed by atoms with E-state index in [-0.39, 0.29) is 11.2 Å². The molecule has 0 aliphatic heterocycles. The molecule has 3 rings (SSSR count). The largest absolute Gasteiger partial charge is 0.352 e. The molecule has 0 bridgehead atoms. The Bertz CT molecular complexity index is 664. The molecule has 122 valence electrons. The number of hydrogen-bond donors (Lipinski definition) is 1. The molecule has 1 aromatic heterocycles. The highest BCUT2D eigenvalue weighted by Crippen LogP contribution is 2.26. The van der Waals surface area contributed by atoms with Crippen LogP contribution in [0.1, 0.15) is 32.6 Å². The third kappa shape index (κ3) is 3.75. The van der Waals surface area contributed by atoms with E-state index < -0.39 is 0 Å². The lowest BCUT2D eigenvalue weighted by molar-refractivity contribution is -0.120. The highest BCUT2D eigenvalue weighted by molar-refractivity contribution is 8.00. The first-order valence-electron chi connectivity index (χ1n) is 8.07. The van der Waals surface area contributed by atoms with Crippen LogP contribution in [0.5, 0.6) is 0 Å².